The van der Waals surface area contributed by atoms with Crippen LogP contribution in [0.15, 0.2) is 76.5 Å². The Morgan fingerprint density at radius 2 is 1.10 bits per heavy atom. The van der Waals surface area contributed by atoms with E-state index in [0.717, 1.165) is 6.07 Å². The van der Waals surface area contributed by atoms with E-state index >= 15 is 0 Å². The summed E-state index contributed by atoms with van der Waals surface area (Å²) in [5, 5.41) is 18.6. The molecule has 0 atom stereocenters. The molecular formula is C19H18N2O6S2. The molecule has 0 aromatic heterocycles. The van der Waals surface area contributed by atoms with E-state index in [0.29, 0.717) is 5.56 Å². The number of hydrogen-bond donors (Lipinski definition) is 4. The van der Waals surface area contributed by atoms with E-state index in [-0.39, 0.29) is 32.7 Å². The Hall–Kier alpha value is -3.24. The number of aryl methyl sites for hydroxylation is 1. The van der Waals surface area contributed by atoms with Crippen molar-refractivity contribution in [3.05, 3.63) is 72.3 Å². The SMILES string of the molecule is Cc1ccc(S(=O)(=O)Nc2ccc(O)cc2)cc1S(=O)(=O)Nc1ccc(O)cc1. The monoisotopic (exact) mass is 434 g/mol. The Morgan fingerprint density at radius 3 is 1.59 bits per heavy atom. The summed E-state index contributed by atoms with van der Waals surface area (Å²) in [6.45, 7) is 1.55. The van der Waals surface area contributed by atoms with Gasteiger partial charge in [-0.15, -0.1) is 0 Å². The topological polar surface area (TPSA) is 133 Å². The van der Waals surface area contributed by atoms with Gasteiger partial charge < -0.3 is 10.2 Å². The second-order valence-corrected chi connectivity index (χ2v) is 9.57. The van der Waals surface area contributed by atoms with Crippen molar-refractivity contribution in [3.63, 3.8) is 0 Å². The molecule has 0 bridgehead atoms. The second-order valence-electron chi connectivity index (χ2n) is 6.23. The summed E-state index contributed by atoms with van der Waals surface area (Å²) in [7, 11) is -8.14. The van der Waals surface area contributed by atoms with Crippen LogP contribution in [0.5, 0.6) is 11.5 Å². The van der Waals surface area contributed by atoms with Crippen LogP contribution in [0.4, 0.5) is 11.4 Å². The number of aromatic hydroxyl groups is 2. The molecule has 0 unspecified atom stereocenters. The summed E-state index contributed by atoms with van der Waals surface area (Å²) in [4.78, 5) is -0.429. The van der Waals surface area contributed by atoms with Crippen molar-refractivity contribution in [2.75, 3.05) is 9.44 Å². The van der Waals surface area contributed by atoms with Crippen LogP contribution in [0.1, 0.15) is 5.56 Å². The average molecular weight is 434 g/mol. The minimum absolute atomic E-state index is 0.0162. The highest BCUT2D eigenvalue weighted by Crippen LogP contribution is 2.25. The highest BCUT2D eigenvalue weighted by Gasteiger charge is 2.22. The van der Waals surface area contributed by atoms with Crippen molar-refractivity contribution in [2.45, 2.75) is 16.7 Å². The standard InChI is InChI=1S/C19H18N2O6S2/c1-13-2-11-18(28(24,25)20-14-3-7-16(22)8-4-14)12-19(13)29(26,27)21-15-5-9-17(23)10-6-15/h2-12,20-23H,1H3. The van der Waals surface area contributed by atoms with Gasteiger partial charge in [0.1, 0.15) is 11.5 Å². The zero-order chi connectivity index (χ0) is 21.2. The average Bonchev–Trinajstić information content (AvgIpc) is 2.65. The molecule has 8 nitrogen and oxygen atoms in total. The Labute approximate surface area is 168 Å². The first-order valence-electron chi connectivity index (χ1n) is 8.31. The van der Waals surface area contributed by atoms with E-state index in [1.165, 1.54) is 60.7 Å². The Bertz CT molecular complexity index is 1240. The molecule has 29 heavy (non-hydrogen) atoms. The molecule has 3 aromatic carbocycles. The second kappa shape index (κ2) is 7.64. The number of benzene rings is 3. The summed E-state index contributed by atoms with van der Waals surface area (Å²) in [6.07, 6.45) is 0. The van der Waals surface area contributed by atoms with Crippen LogP contribution in [0, 0.1) is 6.92 Å². The van der Waals surface area contributed by atoms with Crippen LogP contribution >= 0.6 is 0 Å². The molecule has 10 heteroatoms. The third-order valence-corrected chi connectivity index (χ3v) is 6.90. The summed E-state index contributed by atoms with van der Waals surface area (Å²) >= 11 is 0. The molecule has 152 valence electrons. The quantitative estimate of drug-likeness (QED) is 0.441. The van der Waals surface area contributed by atoms with Gasteiger partial charge in [-0.1, -0.05) is 6.07 Å². The number of nitrogens with one attached hydrogen (secondary N) is 2. The van der Waals surface area contributed by atoms with Gasteiger partial charge in [0.05, 0.1) is 9.79 Å². The lowest BCUT2D eigenvalue weighted by Crippen LogP contribution is -2.17. The maximum atomic E-state index is 12.8. The number of anilines is 2. The minimum Gasteiger partial charge on any atom is -0.508 e. The molecular weight excluding hydrogens is 416 g/mol. The molecule has 0 aliphatic rings. The molecule has 0 heterocycles. The fraction of sp³-hybridized carbons (Fsp3) is 0.0526. The van der Waals surface area contributed by atoms with Gasteiger partial charge in [-0.25, -0.2) is 16.8 Å². The lowest BCUT2D eigenvalue weighted by Gasteiger charge is -2.13. The first kappa shape index (κ1) is 20.5. The summed E-state index contributed by atoms with van der Waals surface area (Å²) in [5.74, 6) is -0.0329. The van der Waals surface area contributed by atoms with Crippen LogP contribution < -0.4 is 9.44 Å². The third kappa shape index (κ3) is 4.79. The van der Waals surface area contributed by atoms with E-state index in [2.05, 4.69) is 9.44 Å². The molecule has 0 saturated heterocycles. The number of sulfonamides is 2. The van der Waals surface area contributed by atoms with Crippen molar-refractivity contribution in [1.82, 2.24) is 0 Å². The van der Waals surface area contributed by atoms with Crippen molar-refractivity contribution >= 4 is 31.4 Å². The lowest BCUT2D eigenvalue weighted by molar-refractivity contribution is 0.475. The number of rotatable bonds is 6. The molecule has 4 N–H and O–H groups in total. The highest BCUT2D eigenvalue weighted by molar-refractivity contribution is 7.93. The van der Waals surface area contributed by atoms with Crippen LogP contribution in [-0.2, 0) is 20.0 Å². The van der Waals surface area contributed by atoms with Crippen LogP contribution in [-0.4, -0.2) is 27.0 Å². The van der Waals surface area contributed by atoms with E-state index in [4.69, 9.17) is 0 Å². The summed E-state index contributed by atoms with van der Waals surface area (Å²) in [5.41, 5.74) is 0.799. The van der Waals surface area contributed by atoms with Crippen molar-refractivity contribution in [1.29, 1.82) is 0 Å². The molecule has 3 aromatic rings. The largest absolute Gasteiger partial charge is 0.508 e. The van der Waals surface area contributed by atoms with Gasteiger partial charge in [-0.2, -0.15) is 0 Å². The zero-order valence-corrected chi connectivity index (χ0v) is 16.8. The van der Waals surface area contributed by atoms with E-state index in [9.17, 15) is 27.0 Å². The number of hydrogen-bond acceptors (Lipinski definition) is 6. The predicted molar refractivity (Wildman–Crippen MR) is 109 cm³/mol. The maximum absolute atomic E-state index is 12.8. The van der Waals surface area contributed by atoms with Crippen molar-refractivity contribution in [2.24, 2.45) is 0 Å². The number of phenolic OH excluding ortho intramolecular Hbond substituents is 2. The molecule has 0 aliphatic carbocycles. The molecule has 0 amide bonds. The van der Waals surface area contributed by atoms with Crippen LogP contribution in [0.3, 0.4) is 0 Å². The van der Waals surface area contributed by atoms with Crippen molar-refractivity contribution < 1.29 is 27.0 Å². The van der Waals surface area contributed by atoms with Crippen LogP contribution in [0.2, 0.25) is 0 Å². The fourth-order valence-corrected chi connectivity index (χ4v) is 5.01. The van der Waals surface area contributed by atoms with Gasteiger partial charge in [0.15, 0.2) is 0 Å². The zero-order valence-electron chi connectivity index (χ0n) is 15.2. The molecule has 0 aliphatic heterocycles. The van der Waals surface area contributed by atoms with E-state index in [1.807, 2.05) is 0 Å². The van der Waals surface area contributed by atoms with Gasteiger partial charge in [0, 0.05) is 11.4 Å². The maximum Gasteiger partial charge on any atom is 0.262 e. The van der Waals surface area contributed by atoms with Gasteiger partial charge in [0.25, 0.3) is 20.0 Å². The predicted octanol–water partition coefficient (Wildman–Crippen LogP) is 3.01. The van der Waals surface area contributed by atoms with Gasteiger partial charge in [0.2, 0.25) is 0 Å². The molecule has 0 spiro atoms. The van der Waals surface area contributed by atoms with E-state index < -0.39 is 20.0 Å². The molecule has 3 rings (SSSR count). The first-order valence-corrected chi connectivity index (χ1v) is 11.3. The molecule has 0 radical (unpaired) electrons. The minimum atomic E-state index is -4.08. The fourth-order valence-electron chi connectivity index (χ4n) is 2.52. The molecule has 0 saturated carbocycles. The van der Waals surface area contributed by atoms with E-state index in [1.54, 1.807) is 6.92 Å². The van der Waals surface area contributed by atoms with Gasteiger partial charge in [-0.05, 0) is 73.2 Å². The summed E-state index contributed by atoms with van der Waals surface area (Å²) < 4.78 is 55.5. The van der Waals surface area contributed by atoms with Gasteiger partial charge in [-0.3, -0.25) is 9.44 Å². The Morgan fingerprint density at radius 1 is 0.655 bits per heavy atom. The number of phenols is 2. The lowest BCUT2D eigenvalue weighted by atomic mass is 10.2. The highest BCUT2D eigenvalue weighted by atomic mass is 32.2. The Balaban J connectivity index is 1.94. The normalized spacial score (nSPS) is 11.8. The third-order valence-electron chi connectivity index (χ3n) is 4.00. The molecule has 0 fully saturated rings. The van der Waals surface area contributed by atoms with Crippen LogP contribution in [0.25, 0.3) is 0 Å². The van der Waals surface area contributed by atoms with Gasteiger partial charge >= 0.3 is 0 Å². The first-order chi connectivity index (χ1) is 13.6. The Kier molecular flexibility index (Phi) is 5.40. The van der Waals surface area contributed by atoms with Crippen molar-refractivity contribution in [3.8, 4) is 11.5 Å². The smallest absolute Gasteiger partial charge is 0.262 e. The summed E-state index contributed by atoms with van der Waals surface area (Å²) in [6, 6.07) is 14.6.